The Bertz CT molecular complexity index is 1220. The molecule has 34 heavy (non-hydrogen) atoms. The Kier molecular flexibility index (Phi) is 5.63. The molecule has 1 unspecified atom stereocenters. The van der Waals surface area contributed by atoms with Crippen molar-refractivity contribution in [2.45, 2.75) is 25.1 Å². The third-order valence-corrected chi connectivity index (χ3v) is 6.56. The van der Waals surface area contributed by atoms with Crippen molar-refractivity contribution < 1.29 is 27.4 Å². The second-order valence-corrected chi connectivity index (χ2v) is 8.65. The number of benzene rings is 1. The summed E-state index contributed by atoms with van der Waals surface area (Å²) >= 11 is 0. The van der Waals surface area contributed by atoms with Gasteiger partial charge in [-0.25, -0.2) is 4.98 Å². The number of pyridine rings is 1. The summed E-state index contributed by atoms with van der Waals surface area (Å²) in [6, 6.07) is 7.59. The molecule has 10 heteroatoms. The van der Waals surface area contributed by atoms with E-state index in [-0.39, 0.29) is 24.0 Å². The van der Waals surface area contributed by atoms with Gasteiger partial charge >= 0.3 is 6.18 Å². The molecule has 0 spiro atoms. The molecule has 0 saturated carbocycles. The Hall–Kier alpha value is -3.27. The van der Waals surface area contributed by atoms with E-state index >= 15 is 0 Å². The van der Waals surface area contributed by atoms with Crippen molar-refractivity contribution >= 4 is 17.2 Å². The van der Waals surface area contributed by atoms with Gasteiger partial charge in [0.05, 0.1) is 30.7 Å². The van der Waals surface area contributed by atoms with Gasteiger partial charge < -0.3 is 19.3 Å². The van der Waals surface area contributed by atoms with Crippen LogP contribution in [-0.4, -0.2) is 72.9 Å². The van der Waals surface area contributed by atoms with Gasteiger partial charge in [-0.2, -0.15) is 13.2 Å². The highest BCUT2D eigenvalue weighted by atomic mass is 19.4. The molecule has 0 bridgehead atoms. The standard InChI is InChI=1S/C24H25F3N4O3/c1-33-18-5-7-29(13-18)17-4-8-31-19(12-28-21(31)11-17)16-9-15-3-6-30(14-24(25,26)27)23(32)22(15)20(10-16)34-2/h4,8-12,18H,3,5-7,13-14H2,1-2H3. The van der Waals surface area contributed by atoms with Gasteiger partial charge in [0.2, 0.25) is 0 Å². The molecule has 180 valence electrons. The van der Waals surface area contributed by atoms with Crippen molar-refractivity contribution in [3.05, 3.63) is 47.8 Å². The Morgan fingerprint density at radius 1 is 1.18 bits per heavy atom. The van der Waals surface area contributed by atoms with Crippen LogP contribution in [0.5, 0.6) is 5.75 Å². The molecule has 5 rings (SSSR count). The van der Waals surface area contributed by atoms with Crippen LogP contribution in [0.3, 0.4) is 0 Å². The van der Waals surface area contributed by atoms with E-state index in [1.807, 2.05) is 28.8 Å². The molecule has 4 heterocycles. The van der Waals surface area contributed by atoms with Gasteiger partial charge in [-0.1, -0.05) is 0 Å². The number of ether oxygens (including phenoxy) is 2. The molecular weight excluding hydrogens is 449 g/mol. The molecule has 2 aromatic heterocycles. The fraction of sp³-hybridized carbons (Fsp3) is 0.417. The van der Waals surface area contributed by atoms with Crippen molar-refractivity contribution in [2.75, 3.05) is 45.3 Å². The molecule has 0 aliphatic carbocycles. The van der Waals surface area contributed by atoms with Crippen LogP contribution in [0, 0.1) is 0 Å². The maximum absolute atomic E-state index is 12.9. The summed E-state index contributed by atoms with van der Waals surface area (Å²) in [4.78, 5) is 20.5. The van der Waals surface area contributed by atoms with E-state index in [9.17, 15) is 18.0 Å². The number of aromatic nitrogens is 2. The third kappa shape index (κ3) is 4.06. The average Bonchev–Trinajstić information content (AvgIpc) is 3.46. The van der Waals surface area contributed by atoms with Gasteiger partial charge in [0.25, 0.3) is 5.91 Å². The molecule has 1 fully saturated rings. The molecular formula is C24H25F3N4O3. The first-order valence-corrected chi connectivity index (χ1v) is 11.1. The topological polar surface area (TPSA) is 59.3 Å². The maximum Gasteiger partial charge on any atom is 0.406 e. The number of nitrogens with zero attached hydrogens (tertiary/aromatic N) is 4. The number of anilines is 1. The summed E-state index contributed by atoms with van der Waals surface area (Å²) in [5.41, 5.74) is 4.31. The summed E-state index contributed by atoms with van der Waals surface area (Å²) in [6.07, 6.45) is 0.782. The monoisotopic (exact) mass is 474 g/mol. The second-order valence-electron chi connectivity index (χ2n) is 8.65. The molecule has 1 amide bonds. The van der Waals surface area contributed by atoms with Gasteiger partial charge in [0, 0.05) is 50.3 Å². The quantitative estimate of drug-likeness (QED) is 0.563. The highest BCUT2D eigenvalue weighted by molar-refractivity contribution is 6.00. The molecule has 1 saturated heterocycles. The molecule has 2 aliphatic rings. The lowest BCUT2D eigenvalue weighted by Crippen LogP contribution is -2.43. The first-order chi connectivity index (χ1) is 16.3. The predicted octanol–water partition coefficient (Wildman–Crippen LogP) is 3.80. The lowest BCUT2D eigenvalue weighted by atomic mass is 9.94. The van der Waals surface area contributed by atoms with E-state index in [0.29, 0.717) is 12.0 Å². The zero-order valence-electron chi connectivity index (χ0n) is 18.9. The number of carbonyl (C=O) groups excluding carboxylic acids is 1. The van der Waals surface area contributed by atoms with E-state index in [2.05, 4.69) is 9.88 Å². The SMILES string of the molecule is COc1cc(-c2cnc3cc(N4CCC(OC)C4)ccn23)cc2c1C(=O)N(CC(F)(F)F)CC2. The second kappa shape index (κ2) is 8.50. The molecule has 0 radical (unpaired) electrons. The van der Waals surface area contributed by atoms with Crippen molar-refractivity contribution in [1.29, 1.82) is 0 Å². The highest BCUT2D eigenvalue weighted by Crippen LogP contribution is 2.35. The Balaban J connectivity index is 1.48. The van der Waals surface area contributed by atoms with Gasteiger partial charge in [-0.05, 0) is 36.6 Å². The summed E-state index contributed by atoms with van der Waals surface area (Å²) in [5.74, 6) is -0.400. The van der Waals surface area contributed by atoms with Crippen LogP contribution in [0.1, 0.15) is 22.3 Å². The number of halogens is 3. The van der Waals surface area contributed by atoms with Crippen LogP contribution in [0.15, 0.2) is 36.7 Å². The van der Waals surface area contributed by atoms with E-state index in [4.69, 9.17) is 9.47 Å². The number of hydrogen-bond acceptors (Lipinski definition) is 5. The molecule has 3 aromatic rings. The number of fused-ring (bicyclic) bond motifs is 2. The normalized spacial score (nSPS) is 18.6. The molecule has 7 nitrogen and oxygen atoms in total. The predicted molar refractivity (Wildman–Crippen MR) is 120 cm³/mol. The number of alkyl halides is 3. The number of imidazole rings is 1. The third-order valence-electron chi connectivity index (χ3n) is 6.56. The summed E-state index contributed by atoms with van der Waals surface area (Å²) in [6.45, 7) is 0.492. The first kappa shape index (κ1) is 22.5. The van der Waals surface area contributed by atoms with Crippen LogP contribution in [0.2, 0.25) is 0 Å². The van der Waals surface area contributed by atoms with Crippen LogP contribution in [-0.2, 0) is 11.2 Å². The lowest BCUT2D eigenvalue weighted by molar-refractivity contribution is -0.141. The largest absolute Gasteiger partial charge is 0.496 e. The van der Waals surface area contributed by atoms with Crippen LogP contribution >= 0.6 is 0 Å². The zero-order chi connectivity index (χ0) is 24.0. The molecule has 2 aliphatic heterocycles. The van der Waals surface area contributed by atoms with E-state index < -0.39 is 18.6 Å². The van der Waals surface area contributed by atoms with Crippen LogP contribution in [0.4, 0.5) is 18.9 Å². The van der Waals surface area contributed by atoms with Crippen molar-refractivity contribution in [2.24, 2.45) is 0 Å². The van der Waals surface area contributed by atoms with Gasteiger partial charge in [-0.15, -0.1) is 0 Å². The Labute approximate surface area is 194 Å². The van der Waals surface area contributed by atoms with E-state index in [1.165, 1.54) is 7.11 Å². The van der Waals surface area contributed by atoms with Crippen LogP contribution in [0.25, 0.3) is 16.9 Å². The maximum atomic E-state index is 12.9. The first-order valence-electron chi connectivity index (χ1n) is 11.1. The van der Waals surface area contributed by atoms with Gasteiger partial charge in [0.15, 0.2) is 0 Å². The van der Waals surface area contributed by atoms with Crippen molar-refractivity contribution in [3.8, 4) is 17.0 Å². The van der Waals surface area contributed by atoms with E-state index in [1.54, 1.807) is 19.4 Å². The fourth-order valence-corrected chi connectivity index (χ4v) is 4.84. The van der Waals surface area contributed by atoms with E-state index in [0.717, 1.165) is 47.0 Å². The summed E-state index contributed by atoms with van der Waals surface area (Å²) in [7, 11) is 3.14. The zero-order valence-corrected chi connectivity index (χ0v) is 18.9. The fourth-order valence-electron chi connectivity index (χ4n) is 4.84. The molecule has 1 aromatic carbocycles. The minimum Gasteiger partial charge on any atom is -0.496 e. The average molecular weight is 474 g/mol. The minimum absolute atomic E-state index is 0.00671. The number of methoxy groups -OCH3 is 2. The van der Waals surface area contributed by atoms with Crippen molar-refractivity contribution in [3.63, 3.8) is 0 Å². The summed E-state index contributed by atoms with van der Waals surface area (Å²) < 4.78 is 51.5. The number of hydrogen-bond donors (Lipinski definition) is 0. The lowest BCUT2D eigenvalue weighted by Gasteiger charge is -2.30. The van der Waals surface area contributed by atoms with Gasteiger partial charge in [0.1, 0.15) is 17.9 Å². The highest BCUT2D eigenvalue weighted by Gasteiger charge is 2.37. The smallest absolute Gasteiger partial charge is 0.406 e. The minimum atomic E-state index is -4.45. The van der Waals surface area contributed by atoms with Crippen LogP contribution < -0.4 is 9.64 Å². The Morgan fingerprint density at radius 3 is 2.71 bits per heavy atom. The molecule has 0 N–H and O–H groups in total. The number of rotatable bonds is 5. The van der Waals surface area contributed by atoms with Crippen molar-refractivity contribution in [1.82, 2.24) is 14.3 Å². The number of amides is 1. The number of carbonyl (C=O) groups is 1. The van der Waals surface area contributed by atoms with Gasteiger partial charge in [-0.3, -0.25) is 9.20 Å². The Morgan fingerprint density at radius 2 is 2.00 bits per heavy atom. The summed E-state index contributed by atoms with van der Waals surface area (Å²) in [5, 5.41) is 0. The molecule has 1 atom stereocenters.